The van der Waals surface area contributed by atoms with Gasteiger partial charge in [-0.25, -0.2) is 13.2 Å². The molecule has 0 spiro atoms. The van der Waals surface area contributed by atoms with Crippen LogP contribution in [0, 0.1) is 11.8 Å². The summed E-state index contributed by atoms with van der Waals surface area (Å²) in [5, 5.41) is 11.5. The Morgan fingerprint density at radius 2 is 2.05 bits per heavy atom. The maximum absolute atomic E-state index is 11.8. The Morgan fingerprint density at radius 3 is 2.52 bits per heavy atom. The van der Waals surface area contributed by atoms with Crippen LogP contribution >= 0.6 is 0 Å². The molecule has 2 unspecified atom stereocenters. The molecular formula is C13H23NO6S. The van der Waals surface area contributed by atoms with Crippen molar-refractivity contribution in [1.82, 2.24) is 5.32 Å². The molecule has 0 aromatic rings. The molecular weight excluding hydrogens is 298 g/mol. The van der Waals surface area contributed by atoms with Crippen LogP contribution < -0.4 is 5.32 Å². The first kappa shape index (κ1) is 17.9. The molecule has 0 aromatic heterocycles. The highest BCUT2D eigenvalue weighted by atomic mass is 32.2. The van der Waals surface area contributed by atoms with E-state index < -0.39 is 33.5 Å². The summed E-state index contributed by atoms with van der Waals surface area (Å²) in [6.07, 6.45) is 1.37. The summed E-state index contributed by atoms with van der Waals surface area (Å²) in [5.74, 6) is -3.11. The molecule has 8 heteroatoms. The zero-order valence-corrected chi connectivity index (χ0v) is 13.2. The lowest BCUT2D eigenvalue weighted by molar-refractivity contribution is -0.144. The van der Waals surface area contributed by atoms with Crippen molar-refractivity contribution in [1.29, 1.82) is 0 Å². The summed E-state index contributed by atoms with van der Waals surface area (Å²) in [5.41, 5.74) is 0. The number of carbonyl (C=O) groups is 2. The third-order valence-electron chi connectivity index (χ3n) is 3.19. The molecule has 2 N–H and O–H groups in total. The van der Waals surface area contributed by atoms with Gasteiger partial charge in [-0.2, -0.15) is 0 Å². The summed E-state index contributed by atoms with van der Waals surface area (Å²) >= 11 is 0. The quantitative estimate of drug-likeness (QED) is 0.686. The molecule has 1 heterocycles. The summed E-state index contributed by atoms with van der Waals surface area (Å²) in [6, 6.07) is -1.10. The summed E-state index contributed by atoms with van der Waals surface area (Å²) in [6.45, 7) is 4.33. The van der Waals surface area contributed by atoms with E-state index in [2.05, 4.69) is 5.32 Å². The molecule has 2 atom stereocenters. The predicted octanol–water partition coefficient (Wildman–Crippen LogP) is 0.0532. The minimum atomic E-state index is -3.52. The lowest BCUT2D eigenvalue weighted by Gasteiger charge is -2.28. The van der Waals surface area contributed by atoms with Crippen LogP contribution in [0.25, 0.3) is 0 Å². The van der Waals surface area contributed by atoms with Crippen molar-refractivity contribution in [3.05, 3.63) is 0 Å². The Hall–Kier alpha value is -1.15. The Bertz CT molecular complexity index is 467. The number of carboxylic acid groups (broad SMARTS) is 1. The van der Waals surface area contributed by atoms with Crippen LogP contribution in [0.4, 0.5) is 0 Å². The number of hydrogen-bond acceptors (Lipinski definition) is 5. The summed E-state index contributed by atoms with van der Waals surface area (Å²) < 4.78 is 28.7. The SMILES string of the molecule is CC(C)CS(=O)(=O)CC(=O)NC(C(=O)O)C1CCCOC1. The van der Waals surface area contributed by atoms with Crippen LogP contribution in [0.2, 0.25) is 0 Å². The van der Waals surface area contributed by atoms with E-state index in [-0.39, 0.29) is 24.2 Å². The van der Waals surface area contributed by atoms with Gasteiger partial charge in [0.05, 0.1) is 12.4 Å². The molecule has 1 aliphatic heterocycles. The van der Waals surface area contributed by atoms with E-state index in [9.17, 15) is 23.1 Å². The number of amides is 1. The first-order chi connectivity index (χ1) is 9.71. The molecule has 1 fully saturated rings. The molecule has 21 heavy (non-hydrogen) atoms. The largest absolute Gasteiger partial charge is 0.480 e. The lowest BCUT2D eigenvalue weighted by atomic mass is 9.94. The van der Waals surface area contributed by atoms with Gasteiger partial charge in [0.25, 0.3) is 0 Å². The van der Waals surface area contributed by atoms with E-state index >= 15 is 0 Å². The average molecular weight is 321 g/mol. The molecule has 1 rings (SSSR count). The smallest absolute Gasteiger partial charge is 0.326 e. The molecule has 1 saturated heterocycles. The number of rotatable bonds is 7. The molecule has 0 saturated carbocycles. The molecule has 0 aromatic carbocycles. The van der Waals surface area contributed by atoms with Crippen molar-refractivity contribution in [3.63, 3.8) is 0 Å². The Labute approximate surface area is 125 Å². The lowest BCUT2D eigenvalue weighted by Crippen LogP contribution is -2.50. The number of sulfone groups is 1. The van der Waals surface area contributed by atoms with Crippen molar-refractivity contribution in [3.8, 4) is 0 Å². The fourth-order valence-electron chi connectivity index (χ4n) is 2.39. The van der Waals surface area contributed by atoms with Gasteiger partial charge >= 0.3 is 5.97 Å². The molecule has 0 bridgehead atoms. The second kappa shape index (κ2) is 7.74. The van der Waals surface area contributed by atoms with Gasteiger partial charge in [0, 0.05) is 12.5 Å². The number of hydrogen-bond donors (Lipinski definition) is 2. The normalized spacial score (nSPS) is 21.0. The van der Waals surface area contributed by atoms with Gasteiger partial charge in [-0.15, -0.1) is 0 Å². The highest BCUT2D eigenvalue weighted by molar-refractivity contribution is 7.92. The second-order valence-corrected chi connectivity index (χ2v) is 7.92. The van der Waals surface area contributed by atoms with E-state index in [4.69, 9.17) is 4.74 Å². The molecule has 122 valence electrons. The van der Waals surface area contributed by atoms with Crippen molar-refractivity contribution >= 4 is 21.7 Å². The van der Waals surface area contributed by atoms with Gasteiger partial charge in [0.15, 0.2) is 9.84 Å². The minimum absolute atomic E-state index is 0.0789. The predicted molar refractivity (Wildman–Crippen MR) is 76.6 cm³/mol. The minimum Gasteiger partial charge on any atom is -0.480 e. The molecule has 1 aliphatic rings. The van der Waals surface area contributed by atoms with Crippen molar-refractivity contribution in [2.45, 2.75) is 32.7 Å². The highest BCUT2D eigenvalue weighted by Crippen LogP contribution is 2.18. The fourth-order valence-corrected chi connectivity index (χ4v) is 4.01. The Morgan fingerprint density at radius 1 is 1.38 bits per heavy atom. The third kappa shape index (κ3) is 6.43. The summed E-state index contributed by atoms with van der Waals surface area (Å²) in [4.78, 5) is 23.1. The van der Waals surface area contributed by atoms with Crippen molar-refractivity contribution in [2.75, 3.05) is 24.7 Å². The van der Waals surface area contributed by atoms with Crippen LogP contribution in [0.3, 0.4) is 0 Å². The zero-order chi connectivity index (χ0) is 16.0. The Balaban J connectivity index is 2.62. The van der Waals surface area contributed by atoms with Gasteiger partial charge in [-0.05, 0) is 18.8 Å². The van der Waals surface area contributed by atoms with Crippen molar-refractivity contribution in [2.24, 2.45) is 11.8 Å². The number of carbonyl (C=O) groups excluding carboxylic acids is 1. The van der Waals surface area contributed by atoms with Gasteiger partial charge in [-0.1, -0.05) is 13.8 Å². The standard InChI is InChI=1S/C13H23NO6S/c1-9(2)7-21(18,19)8-11(15)14-12(13(16)17)10-4-3-5-20-6-10/h9-10,12H,3-8H2,1-2H3,(H,14,15)(H,16,17). The zero-order valence-electron chi connectivity index (χ0n) is 12.4. The first-order valence-electron chi connectivity index (χ1n) is 7.01. The molecule has 1 amide bonds. The van der Waals surface area contributed by atoms with Crippen LogP contribution in [0.1, 0.15) is 26.7 Å². The monoisotopic (exact) mass is 321 g/mol. The van der Waals surface area contributed by atoms with E-state index in [1.54, 1.807) is 13.8 Å². The van der Waals surface area contributed by atoms with Crippen LogP contribution in [-0.4, -0.2) is 56.2 Å². The van der Waals surface area contributed by atoms with E-state index in [0.29, 0.717) is 13.0 Å². The van der Waals surface area contributed by atoms with Gasteiger partial charge in [-0.3, -0.25) is 4.79 Å². The first-order valence-corrected chi connectivity index (χ1v) is 8.83. The van der Waals surface area contributed by atoms with Crippen LogP contribution in [0.5, 0.6) is 0 Å². The average Bonchev–Trinajstić information content (AvgIpc) is 2.34. The number of aliphatic carboxylic acids is 1. The number of nitrogens with one attached hydrogen (secondary N) is 1. The van der Waals surface area contributed by atoms with Crippen LogP contribution in [0.15, 0.2) is 0 Å². The molecule has 0 radical (unpaired) electrons. The highest BCUT2D eigenvalue weighted by Gasteiger charge is 2.32. The number of ether oxygens (including phenoxy) is 1. The topological polar surface area (TPSA) is 110 Å². The van der Waals surface area contributed by atoms with Gasteiger partial charge in [0.2, 0.25) is 5.91 Å². The summed E-state index contributed by atoms with van der Waals surface area (Å²) in [7, 11) is -3.52. The Kier molecular flexibility index (Phi) is 6.60. The van der Waals surface area contributed by atoms with E-state index in [1.807, 2.05) is 0 Å². The third-order valence-corrected chi connectivity index (χ3v) is 5.06. The van der Waals surface area contributed by atoms with Crippen LogP contribution in [-0.2, 0) is 24.2 Å². The molecule has 0 aliphatic carbocycles. The maximum Gasteiger partial charge on any atom is 0.326 e. The van der Waals surface area contributed by atoms with E-state index in [0.717, 1.165) is 6.42 Å². The maximum atomic E-state index is 11.8. The molecule has 7 nitrogen and oxygen atoms in total. The number of carboxylic acids is 1. The van der Waals surface area contributed by atoms with Gasteiger partial charge in [0.1, 0.15) is 11.8 Å². The second-order valence-electron chi connectivity index (χ2n) is 5.81. The van der Waals surface area contributed by atoms with E-state index in [1.165, 1.54) is 0 Å². The van der Waals surface area contributed by atoms with Gasteiger partial charge < -0.3 is 15.2 Å². The fraction of sp³-hybridized carbons (Fsp3) is 0.846. The van der Waals surface area contributed by atoms with Crippen molar-refractivity contribution < 1.29 is 27.9 Å².